The molecule has 0 saturated carbocycles. The molecule has 5 heteroatoms. The molecule has 0 aromatic heterocycles. The highest BCUT2D eigenvalue weighted by Crippen LogP contribution is 2.34. The molecule has 2 N–H and O–H groups in total. The van der Waals surface area contributed by atoms with Crippen molar-refractivity contribution < 1.29 is 13.5 Å². The Kier molecular flexibility index (Phi) is 4.27. The number of anilines is 2. The zero-order valence-corrected chi connectivity index (χ0v) is 13.8. The number of rotatable bonds is 4. The number of hydrogen-bond acceptors (Lipinski definition) is 3. The van der Waals surface area contributed by atoms with Gasteiger partial charge in [0, 0.05) is 6.20 Å². The summed E-state index contributed by atoms with van der Waals surface area (Å²) in [7, 11) is 0. The van der Waals surface area contributed by atoms with E-state index in [0.29, 0.717) is 5.70 Å². The van der Waals surface area contributed by atoms with Crippen molar-refractivity contribution in [1.29, 1.82) is 0 Å². The SMILES string of the molecule is Fc1ccc(OCc2ccccc2)c(F)c1C1=CNc2ccccc2N1. The highest BCUT2D eigenvalue weighted by atomic mass is 19.1. The van der Waals surface area contributed by atoms with Gasteiger partial charge in [0.1, 0.15) is 12.4 Å². The second-order valence-electron chi connectivity index (χ2n) is 5.88. The first-order valence-electron chi connectivity index (χ1n) is 8.20. The summed E-state index contributed by atoms with van der Waals surface area (Å²) in [6, 6.07) is 19.4. The molecule has 0 atom stereocenters. The van der Waals surface area contributed by atoms with Gasteiger partial charge in [0.15, 0.2) is 11.6 Å². The Bertz CT molecular complexity index is 971. The van der Waals surface area contributed by atoms with Crippen molar-refractivity contribution in [2.24, 2.45) is 0 Å². The normalized spacial score (nSPS) is 12.5. The third-order valence-electron chi connectivity index (χ3n) is 4.13. The molecular formula is C21H16F2N2O. The van der Waals surface area contributed by atoms with Crippen molar-refractivity contribution in [2.45, 2.75) is 6.61 Å². The van der Waals surface area contributed by atoms with Gasteiger partial charge in [-0.3, -0.25) is 0 Å². The van der Waals surface area contributed by atoms with E-state index in [1.165, 1.54) is 12.1 Å². The second-order valence-corrected chi connectivity index (χ2v) is 5.88. The molecule has 1 aliphatic rings. The van der Waals surface area contributed by atoms with E-state index in [4.69, 9.17) is 4.74 Å². The molecule has 0 radical (unpaired) electrons. The Morgan fingerprint density at radius 1 is 0.808 bits per heavy atom. The second kappa shape index (κ2) is 6.88. The lowest BCUT2D eigenvalue weighted by atomic mass is 10.1. The average molecular weight is 350 g/mol. The van der Waals surface area contributed by atoms with Crippen LogP contribution in [-0.4, -0.2) is 0 Å². The number of halogens is 2. The monoisotopic (exact) mass is 350 g/mol. The standard InChI is InChI=1S/C21H16F2N2O/c22-15-10-11-19(26-13-14-6-2-1-3-7-14)21(23)20(15)18-12-24-16-8-4-5-9-17(16)25-18/h1-12,24-25H,13H2. The van der Waals surface area contributed by atoms with Gasteiger partial charge in [-0.05, 0) is 29.8 Å². The Morgan fingerprint density at radius 2 is 1.54 bits per heavy atom. The van der Waals surface area contributed by atoms with Crippen LogP contribution in [0.25, 0.3) is 5.70 Å². The van der Waals surface area contributed by atoms with Gasteiger partial charge in [-0.2, -0.15) is 0 Å². The van der Waals surface area contributed by atoms with Gasteiger partial charge in [0.2, 0.25) is 0 Å². The van der Waals surface area contributed by atoms with Gasteiger partial charge >= 0.3 is 0 Å². The van der Waals surface area contributed by atoms with Crippen LogP contribution in [0.4, 0.5) is 20.2 Å². The predicted octanol–water partition coefficient (Wildman–Crippen LogP) is 5.38. The maximum Gasteiger partial charge on any atom is 0.177 e. The van der Waals surface area contributed by atoms with Crippen LogP contribution in [-0.2, 0) is 6.61 Å². The fourth-order valence-electron chi connectivity index (χ4n) is 2.81. The summed E-state index contributed by atoms with van der Waals surface area (Å²) in [6.45, 7) is 0.205. The lowest BCUT2D eigenvalue weighted by Crippen LogP contribution is -2.12. The number of fused-ring (bicyclic) bond motifs is 1. The van der Waals surface area contributed by atoms with Crippen LogP contribution in [0.15, 0.2) is 72.9 Å². The molecule has 4 rings (SSSR count). The largest absolute Gasteiger partial charge is 0.486 e. The molecule has 0 saturated heterocycles. The van der Waals surface area contributed by atoms with Crippen molar-refractivity contribution in [2.75, 3.05) is 10.6 Å². The zero-order valence-electron chi connectivity index (χ0n) is 13.8. The van der Waals surface area contributed by atoms with E-state index >= 15 is 0 Å². The van der Waals surface area contributed by atoms with Crippen LogP contribution in [0, 0.1) is 11.6 Å². The van der Waals surface area contributed by atoms with Gasteiger partial charge in [0.05, 0.1) is 22.6 Å². The van der Waals surface area contributed by atoms with Crippen molar-refractivity contribution in [3.8, 4) is 5.75 Å². The first kappa shape index (κ1) is 16.1. The number of para-hydroxylation sites is 2. The quantitative estimate of drug-likeness (QED) is 0.663. The fraction of sp³-hybridized carbons (Fsp3) is 0.0476. The molecule has 1 heterocycles. The maximum atomic E-state index is 14.9. The first-order valence-corrected chi connectivity index (χ1v) is 8.20. The van der Waals surface area contributed by atoms with Crippen LogP contribution in [0.3, 0.4) is 0 Å². The minimum atomic E-state index is -0.735. The minimum absolute atomic E-state index is 0.00631. The van der Waals surface area contributed by atoms with E-state index in [2.05, 4.69) is 10.6 Å². The molecule has 26 heavy (non-hydrogen) atoms. The summed E-state index contributed by atoms with van der Waals surface area (Å²) >= 11 is 0. The van der Waals surface area contributed by atoms with Crippen molar-refractivity contribution in [3.63, 3.8) is 0 Å². The van der Waals surface area contributed by atoms with Gasteiger partial charge in [-0.25, -0.2) is 8.78 Å². The minimum Gasteiger partial charge on any atom is -0.486 e. The summed E-state index contributed by atoms with van der Waals surface area (Å²) in [4.78, 5) is 0. The number of hydrogen-bond donors (Lipinski definition) is 2. The van der Waals surface area contributed by atoms with Crippen molar-refractivity contribution in [1.82, 2.24) is 0 Å². The van der Waals surface area contributed by atoms with Crippen LogP contribution in [0.5, 0.6) is 5.75 Å². The van der Waals surface area contributed by atoms with E-state index in [9.17, 15) is 8.78 Å². The van der Waals surface area contributed by atoms with E-state index in [0.717, 1.165) is 16.9 Å². The molecule has 0 fully saturated rings. The third-order valence-corrected chi connectivity index (χ3v) is 4.13. The van der Waals surface area contributed by atoms with E-state index in [1.54, 1.807) is 6.20 Å². The van der Waals surface area contributed by atoms with Gasteiger partial charge < -0.3 is 15.4 Å². The molecule has 3 aromatic carbocycles. The summed E-state index contributed by atoms with van der Waals surface area (Å²) < 4.78 is 34.8. The molecular weight excluding hydrogens is 334 g/mol. The molecule has 0 spiro atoms. The topological polar surface area (TPSA) is 33.3 Å². The van der Waals surface area contributed by atoms with Crippen LogP contribution in [0.2, 0.25) is 0 Å². The Balaban J connectivity index is 1.62. The van der Waals surface area contributed by atoms with E-state index < -0.39 is 11.6 Å². The third kappa shape index (κ3) is 3.11. The molecule has 0 unspecified atom stereocenters. The van der Waals surface area contributed by atoms with Gasteiger partial charge in [-0.15, -0.1) is 0 Å². The molecule has 0 bridgehead atoms. The summed E-state index contributed by atoms with van der Waals surface area (Å²) in [5, 5.41) is 6.10. The zero-order chi connectivity index (χ0) is 17.9. The molecule has 0 amide bonds. The summed E-state index contributed by atoms with van der Waals surface area (Å²) in [5.74, 6) is -1.39. The number of ether oxygens (including phenoxy) is 1. The Labute approximate surface area is 149 Å². The van der Waals surface area contributed by atoms with Crippen molar-refractivity contribution >= 4 is 17.1 Å². The van der Waals surface area contributed by atoms with Gasteiger partial charge in [0.25, 0.3) is 0 Å². The Morgan fingerprint density at radius 3 is 2.35 bits per heavy atom. The first-order chi connectivity index (χ1) is 12.7. The molecule has 1 aliphatic heterocycles. The highest BCUT2D eigenvalue weighted by molar-refractivity contribution is 5.88. The summed E-state index contributed by atoms with van der Waals surface area (Å²) in [5.41, 5.74) is 2.65. The lowest BCUT2D eigenvalue weighted by molar-refractivity contribution is 0.289. The molecule has 3 aromatic rings. The lowest BCUT2D eigenvalue weighted by Gasteiger charge is -2.21. The fourth-order valence-corrected chi connectivity index (χ4v) is 2.81. The van der Waals surface area contributed by atoms with E-state index in [-0.39, 0.29) is 17.9 Å². The molecule has 130 valence electrons. The maximum absolute atomic E-state index is 14.9. The molecule has 3 nitrogen and oxygen atoms in total. The van der Waals surface area contributed by atoms with Crippen LogP contribution < -0.4 is 15.4 Å². The number of benzene rings is 3. The molecule has 0 aliphatic carbocycles. The highest BCUT2D eigenvalue weighted by Gasteiger charge is 2.21. The smallest absolute Gasteiger partial charge is 0.177 e. The average Bonchev–Trinajstić information content (AvgIpc) is 2.68. The summed E-state index contributed by atoms with van der Waals surface area (Å²) in [6.07, 6.45) is 1.55. The Hall–Kier alpha value is -3.34. The van der Waals surface area contributed by atoms with E-state index in [1.807, 2.05) is 54.6 Å². The van der Waals surface area contributed by atoms with Crippen LogP contribution >= 0.6 is 0 Å². The van der Waals surface area contributed by atoms with Crippen molar-refractivity contribution in [3.05, 3.63) is 95.7 Å². The van der Waals surface area contributed by atoms with Crippen LogP contribution in [0.1, 0.15) is 11.1 Å². The predicted molar refractivity (Wildman–Crippen MR) is 98.8 cm³/mol. The number of nitrogens with one attached hydrogen (secondary N) is 2. The van der Waals surface area contributed by atoms with Gasteiger partial charge in [-0.1, -0.05) is 42.5 Å².